The van der Waals surface area contributed by atoms with Crippen molar-refractivity contribution in [2.45, 2.75) is 12.3 Å². The molecule has 0 bridgehead atoms. The summed E-state index contributed by atoms with van der Waals surface area (Å²) in [6, 6.07) is 3.91. The highest BCUT2D eigenvalue weighted by Gasteiger charge is 2.18. The minimum Gasteiger partial charge on any atom is -0.493 e. The number of nitrogens with two attached hydrogens (primary N) is 1. The molecular weight excluding hydrogens is 288 g/mol. The van der Waals surface area contributed by atoms with Crippen molar-refractivity contribution in [1.82, 2.24) is 4.98 Å². The molecule has 0 fully saturated rings. The average Bonchev–Trinajstić information content (AvgIpc) is 3.05. The Morgan fingerprint density at radius 2 is 1.81 bits per heavy atom. The Balaban J connectivity index is 2.31. The van der Waals surface area contributed by atoms with Crippen molar-refractivity contribution in [3.05, 3.63) is 34.3 Å². The van der Waals surface area contributed by atoms with Crippen molar-refractivity contribution >= 4 is 11.3 Å². The number of ether oxygens (including phenoxy) is 3. The van der Waals surface area contributed by atoms with Gasteiger partial charge in [0, 0.05) is 24.0 Å². The van der Waals surface area contributed by atoms with E-state index in [4.69, 9.17) is 19.9 Å². The van der Waals surface area contributed by atoms with Gasteiger partial charge in [-0.2, -0.15) is 0 Å². The van der Waals surface area contributed by atoms with Crippen molar-refractivity contribution in [3.63, 3.8) is 0 Å². The van der Waals surface area contributed by atoms with Gasteiger partial charge in [-0.05, 0) is 24.1 Å². The van der Waals surface area contributed by atoms with E-state index in [1.165, 1.54) is 0 Å². The van der Waals surface area contributed by atoms with Crippen molar-refractivity contribution in [3.8, 4) is 17.2 Å². The lowest BCUT2D eigenvalue weighted by molar-refractivity contribution is 0.323. The van der Waals surface area contributed by atoms with E-state index >= 15 is 0 Å². The molecule has 0 aliphatic heterocycles. The molecule has 1 heterocycles. The van der Waals surface area contributed by atoms with Crippen LogP contribution in [-0.4, -0.2) is 32.9 Å². The molecule has 114 valence electrons. The van der Waals surface area contributed by atoms with Crippen LogP contribution >= 0.6 is 11.3 Å². The normalized spacial score (nSPS) is 12.0. The van der Waals surface area contributed by atoms with E-state index < -0.39 is 0 Å². The van der Waals surface area contributed by atoms with E-state index in [2.05, 4.69) is 4.98 Å². The molecule has 0 saturated heterocycles. The maximum atomic E-state index is 5.89. The first-order chi connectivity index (χ1) is 10.2. The highest BCUT2D eigenvalue weighted by atomic mass is 32.1. The third-order valence-corrected chi connectivity index (χ3v) is 4.23. The first kappa shape index (κ1) is 15.6. The summed E-state index contributed by atoms with van der Waals surface area (Å²) in [5.41, 5.74) is 6.97. The Kier molecular flexibility index (Phi) is 5.41. The number of hydrogen-bond donors (Lipinski definition) is 1. The first-order valence-corrected chi connectivity index (χ1v) is 7.49. The third kappa shape index (κ3) is 3.46. The third-order valence-electron chi connectivity index (χ3n) is 3.29. The minimum atomic E-state index is 0.188. The van der Waals surface area contributed by atoms with Crippen LogP contribution in [0.3, 0.4) is 0 Å². The minimum absolute atomic E-state index is 0.188. The Bertz CT molecular complexity index is 547. The molecule has 1 unspecified atom stereocenters. The molecule has 2 N–H and O–H groups in total. The van der Waals surface area contributed by atoms with E-state index in [0.717, 1.165) is 17.0 Å². The van der Waals surface area contributed by atoms with Gasteiger partial charge in [-0.25, -0.2) is 4.98 Å². The fraction of sp³-hybridized carbons (Fsp3) is 0.400. The summed E-state index contributed by atoms with van der Waals surface area (Å²) in [6.07, 6.45) is 2.58. The van der Waals surface area contributed by atoms with Gasteiger partial charge in [-0.15, -0.1) is 11.3 Å². The molecule has 0 amide bonds. The first-order valence-electron chi connectivity index (χ1n) is 6.61. The summed E-state index contributed by atoms with van der Waals surface area (Å²) in [5, 5.41) is 3.01. The van der Waals surface area contributed by atoms with Crippen molar-refractivity contribution < 1.29 is 14.2 Å². The highest BCUT2D eigenvalue weighted by molar-refractivity contribution is 7.09. The van der Waals surface area contributed by atoms with Crippen LogP contribution in [0.1, 0.15) is 16.5 Å². The second-order valence-electron chi connectivity index (χ2n) is 4.54. The number of hydrogen-bond acceptors (Lipinski definition) is 6. The smallest absolute Gasteiger partial charge is 0.203 e. The van der Waals surface area contributed by atoms with E-state index in [-0.39, 0.29) is 5.92 Å². The number of rotatable bonds is 7. The summed E-state index contributed by atoms with van der Waals surface area (Å²) >= 11 is 1.62. The zero-order valence-corrected chi connectivity index (χ0v) is 13.3. The summed E-state index contributed by atoms with van der Waals surface area (Å²) in [6.45, 7) is 0.546. The van der Waals surface area contributed by atoms with Crippen LogP contribution in [0.15, 0.2) is 23.7 Å². The largest absolute Gasteiger partial charge is 0.493 e. The molecule has 6 heteroatoms. The summed E-state index contributed by atoms with van der Waals surface area (Å²) in [7, 11) is 4.82. The lowest BCUT2D eigenvalue weighted by Gasteiger charge is -2.16. The van der Waals surface area contributed by atoms with Crippen LogP contribution in [0.25, 0.3) is 0 Å². The Labute approximate surface area is 128 Å². The average molecular weight is 308 g/mol. The molecule has 21 heavy (non-hydrogen) atoms. The standard InChI is InChI=1S/C15H20N2O3S/c1-18-12-7-10(8-13(19-2)14(12)20-3)6-11(9-16)15-17-4-5-21-15/h4-5,7-8,11H,6,9,16H2,1-3H3. The van der Waals surface area contributed by atoms with Gasteiger partial charge in [0.15, 0.2) is 11.5 Å². The topological polar surface area (TPSA) is 66.6 Å². The molecule has 1 aromatic heterocycles. The fourth-order valence-corrected chi connectivity index (χ4v) is 3.00. The van der Waals surface area contributed by atoms with Crippen LogP contribution < -0.4 is 19.9 Å². The monoisotopic (exact) mass is 308 g/mol. The lowest BCUT2D eigenvalue weighted by Crippen LogP contribution is -2.15. The Morgan fingerprint density at radius 1 is 1.14 bits per heavy atom. The highest BCUT2D eigenvalue weighted by Crippen LogP contribution is 2.39. The predicted octanol–water partition coefficient (Wildman–Crippen LogP) is 2.45. The van der Waals surface area contributed by atoms with Crippen molar-refractivity contribution in [2.24, 2.45) is 5.73 Å². The molecule has 0 saturated carbocycles. The van der Waals surface area contributed by atoms with Crippen LogP contribution in [-0.2, 0) is 6.42 Å². The number of thiazole rings is 1. The van der Waals surface area contributed by atoms with Gasteiger partial charge in [0.05, 0.1) is 26.3 Å². The Morgan fingerprint density at radius 3 is 2.24 bits per heavy atom. The molecule has 0 aliphatic rings. The molecule has 1 atom stereocenters. The van der Waals surface area contributed by atoms with E-state index in [0.29, 0.717) is 23.8 Å². The molecule has 0 aliphatic carbocycles. The quantitative estimate of drug-likeness (QED) is 0.851. The van der Waals surface area contributed by atoms with Gasteiger partial charge in [0.25, 0.3) is 0 Å². The van der Waals surface area contributed by atoms with E-state index in [1.54, 1.807) is 38.9 Å². The van der Waals surface area contributed by atoms with E-state index in [1.807, 2.05) is 17.5 Å². The molecule has 0 radical (unpaired) electrons. The second kappa shape index (κ2) is 7.28. The second-order valence-corrected chi connectivity index (χ2v) is 5.47. The molecule has 2 rings (SSSR count). The predicted molar refractivity (Wildman–Crippen MR) is 83.7 cm³/mol. The SMILES string of the molecule is COc1cc(CC(CN)c2nccs2)cc(OC)c1OC. The van der Waals surface area contributed by atoms with Gasteiger partial charge in [-0.3, -0.25) is 0 Å². The van der Waals surface area contributed by atoms with Gasteiger partial charge < -0.3 is 19.9 Å². The van der Waals surface area contributed by atoms with Crippen molar-refractivity contribution in [2.75, 3.05) is 27.9 Å². The molecule has 2 aromatic rings. The zero-order chi connectivity index (χ0) is 15.2. The molecular formula is C15H20N2O3S. The number of methoxy groups -OCH3 is 3. The molecule has 5 nitrogen and oxygen atoms in total. The van der Waals surface area contributed by atoms with Gasteiger partial charge in [0.2, 0.25) is 5.75 Å². The summed E-state index contributed by atoms with van der Waals surface area (Å²) < 4.78 is 16.1. The van der Waals surface area contributed by atoms with Gasteiger partial charge in [0.1, 0.15) is 0 Å². The molecule has 1 aromatic carbocycles. The van der Waals surface area contributed by atoms with Gasteiger partial charge in [-0.1, -0.05) is 0 Å². The fourth-order valence-electron chi connectivity index (χ4n) is 2.25. The van der Waals surface area contributed by atoms with Crippen LogP contribution in [0.2, 0.25) is 0 Å². The van der Waals surface area contributed by atoms with Crippen LogP contribution in [0, 0.1) is 0 Å². The molecule has 0 spiro atoms. The number of nitrogens with zero attached hydrogens (tertiary/aromatic N) is 1. The summed E-state index contributed by atoms with van der Waals surface area (Å²) in [4.78, 5) is 4.35. The van der Waals surface area contributed by atoms with Crippen LogP contribution in [0.5, 0.6) is 17.2 Å². The number of benzene rings is 1. The lowest BCUT2D eigenvalue weighted by atomic mass is 9.99. The van der Waals surface area contributed by atoms with Gasteiger partial charge >= 0.3 is 0 Å². The zero-order valence-electron chi connectivity index (χ0n) is 12.5. The van der Waals surface area contributed by atoms with Crippen molar-refractivity contribution in [1.29, 1.82) is 0 Å². The van der Waals surface area contributed by atoms with E-state index in [9.17, 15) is 0 Å². The van der Waals surface area contributed by atoms with Crippen LogP contribution in [0.4, 0.5) is 0 Å². The summed E-state index contributed by atoms with van der Waals surface area (Å²) in [5.74, 6) is 2.10. The maximum Gasteiger partial charge on any atom is 0.203 e. The number of aromatic nitrogens is 1. The Hall–Kier alpha value is -1.79. The maximum absolute atomic E-state index is 5.89.